The topological polar surface area (TPSA) is 66.8 Å². The molecule has 2 aromatic heterocycles. The highest BCUT2D eigenvalue weighted by Gasteiger charge is 2.28. The van der Waals surface area contributed by atoms with E-state index in [-0.39, 0.29) is 5.92 Å². The summed E-state index contributed by atoms with van der Waals surface area (Å²) in [4.78, 5) is 19.9. The summed E-state index contributed by atoms with van der Waals surface area (Å²) in [6.45, 7) is 0. The van der Waals surface area contributed by atoms with Crippen LogP contribution >= 0.6 is 0 Å². The van der Waals surface area contributed by atoms with Crippen LogP contribution in [0.1, 0.15) is 29.4 Å². The molecule has 0 aliphatic heterocycles. The predicted molar refractivity (Wildman–Crippen MR) is 78.1 cm³/mol. The lowest BCUT2D eigenvalue weighted by atomic mass is 10.1. The van der Waals surface area contributed by atoms with Gasteiger partial charge in [0.1, 0.15) is 5.82 Å². The van der Waals surface area contributed by atoms with Crippen molar-refractivity contribution >= 4 is 11.9 Å². The Hall–Kier alpha value is -2.24. The van der Waals surface area contributed by atoms with Gasteiger partial charge >= 0.3 is 0 Å². The van der Waals surface area contributed by atoms with Crippen LogP contribution in [0.3, 0.4) is 0 Å². The summed E-state index contributed by atoms with van der Waals surface area (Å²) in [6, 6.07) is 4.12. The molecule has 0 aromatic carbocycles. The van der Waals surface area contributed by atoms with Gasteiger partial charge in [-0.2, -0.15) is 15.0 Å². The van der Waals surface area contributed by atoms with E-state index in [0.29, 0.717) is 11.9 Å². The number of hydrogen-bond acceptors (Lipinski definition) is 6. The van der Waals surface area contributed by atoms with E-state index in [1.54, 1.807) is 0 Å². The smallest absolute Gasteiger partial charge is 0.229 e. The van der Waals surface area contributed by atoms with E-state index >= 15 is 0 Å². The first kappa shape index (κ1) is 12.8. The molecule has 6 nitrogen and oxygen atoms in total. The van der Waals surface area contributed by atoms with Crippen LogP contribution in [0.15, 0.2) is 18.3 Å². The number of aromatic nitrogens is 4. The minimum absolute atomic E-state index is 0.167. The average Bonchev–Trinajstić information content (AvgIpc) is 2.90. The highest BCUT2D eigenvalue weighted by molar-refractivity contribution is 5.39. The first-order valence-electron chi connectivity index (χ1n) is 6.74. The number of nitrogens with one attached hydrogen (secondary N) is 1. The molecule has 104 valence electrons. The fourth-order valence-corrected chi connectivity index (χ4v) is 2.51. The van der Waals surface area contributed by atoms with Crippen LogP contribution < -0.4 is 10.2 Å². The van der Waals surface area contributed by atoms with Crippen molar-refractivity contribution in [3.63, 3.8) is 0 Å². The number of hydrogen-bond donors (Lipinski definition) is 1. The molecule has 1 unspecified atom stereocenters. The molecule has 2 heterocycles. The van der Waals surface area contributed by atoms with Crippen LogP contribution in [-0.2, 0) is 6.42 Å². The Bertz CT molecular complexity index is 625. The van der Waals surface area contributed by atoms with Gasteiger partial charge in [0.25, 0.3) is 0 Å². The zero-order chi connectivity index (χ0) is 14.1. The average molecular weight is 270 g/mol. The maximum Gasteiger partial charge on any atom is 0.229 e. The summed E-state index contributed by atoms with van der Waals surface area (Å²) in [6.07, 6.45) is 3.88. The molecule has 0 saturated carbocycles. The fraction of sp³-hybridized carbons (Fsp3) is 0.429. The molecule has 0 saturated heterocycles. The fourth-order valence-electron chi connectivity index (χ4n) is 2.51. The zero-order valence-electron chi connectivity index (χ0n) is 12.0. The number of aryl methyl sites for hydroxylation is 1. The highest BCUT2D eigenvalue weighted by Crippen LogP contribution is 2.35. The van der Waals surface area contributed by atoms with Gasteiger partial charge in [-0.1, -0.05) is 6.07 Å². The molecule has 0 fully saturated rings. The summed E-state index contributed by atoms with van der Waals surface area (Å²) in [5, 5.41) is 3.00. The van der Waals surface area contributed by atoms with E-state index in [4.69, 9.17) is 0 Å². The van der Waals surface area contributed by atoms with E-state index < -0.39 is 0 Å². The molecule has 20 heavy (non-hydrogen) atoms. The molecular formula is C14H18N6. The van der Waals surface area contributed by atoms with Crippen LogP contribution in [0.4, 0.5) is 11.9 Å². The van der Waals surface area contributed by atoms with Crippen LogP contribution in [0.25, 0.3) is 0 Å². The van der Waals surface area contributed by atoms with Crippen LogP contribution in [0.5, 0.6) is 0 Å². The second kappa shape index (κ2) is 5.03. The van der Waals surface area contributed by atoms with Gasteiger partial charge in [0, 0.05) is 27.3 Å². The Morgan fingerprint density at radius 2 is 2.10 bits per heavy atom. The Balaban J connectivity index is 2.05. The monoisotopic (exact) mass is 270 g/mol. The van der Waals surface area contributed by atoms with Crippen molar-refractivity contribution in [3.05, 3.63) is 35.4 Å². The van der Waals surface area contributed by atoms with Crippen LogP contribution in [-0.4, -0.2) is 41.1 Å². The summed E-state index contributed by atoms with van der Waals surface area (Å²) in [5.74, 6) is 2.23. The van der Waals surface area contributed by atoms with Gasteiger partial charge in [-0.05, 0) is 24.5 Å². The number of anilines is 2. The number of pyridine rings is 1. The quantitative estimate of drug-likeness (QED) is 0.910. The van der Waals surface area contributed by atoms with Crippen molar-refractivity contribution in [1.82, 2.24) is 19.9 Å². The van der Waals surface area contributed by atoms with Crippen molar-refractivity contribution in [2.24, 2.45) is 0 Å². The standard InChI is InChI=1S/C14H18N6/c1-15-13-17-12(18-14(19-13)20(2)3)10-7-6-9-5-4-8-16-11(9)10/h4-5,8,10H,6-7H2,1-3H3,(H,15,17,18,19). The third kappa shape index (κ3) is 2.17. The lowest BCUT2D eigenvalue weighted by Gasteiger charge is -2.15. The normalized spacial score (nSPS) is 16.9. The van der Waals surface area contributed by atoms with Crippen molar-refractivity contribution < 1.29 is 0 Å². The molecule has 6 heteroatoms. The van der Waals surface area contributed by atoms with E-state index in [2.05, 4.69) is 31.3 Å². The zero-order valence-corrected chi connectivity index (χ0v) is 12.0. The van der Waals surface area contributed by atoms with E-state index in [0.717, 1.165) is 24.4 Å². The van der Waals surface area contributed by atoms with Crippen LogP contribution in [0, 0.1) is 0 Å². The van der Waals surface area contributed by atoms with Gasteiger partial charge < -0.3 is 10.2 Å². The van der Waals surface area contributed by atoms with Crippen LogP contribution in [0.2, 0.25) is 0 Å². The highest BCUT2D eigenvalue weighted by atomic mass is 15.3. The van der Waals surface area contributed by atoms with Crippen molar-refractivity contribution in [2.45, 2.75) is 18.8 Å². The SMILES string of the molecule is CNc1nc(C2CCc3cccnc32)nc(N(C)C)n1. The molecule has 1 atom stereocenters. The maximum absolute atomic E-state index is 4.59. The molecule has 1 aliphatic rings. The van der Waals surface area contributed by atoms with E-state index in [1.165, 1.54) is 5.56 Å². The minimum atomic E-state index is 0.167. The minimum Gasteiger partial charge on any atom is -0.357 e. The molecule has 0 spiro atoms. The molecule has 0 bridgehead atoms. The lowest BCUT2D eigenvalue weighted by molar-refractivity contribution is 0.706. The van der Waals surface area contributed by atoms with Gasteiger partial charge in [-0.15, -0.1) is 0 Å². The summed E-state index contributed by atoms with van der Waals surface area (Å²) < 4.78 is 0. The molecule has 1 N–H and O–H groups in total. The van der Waals surface area contributed by atoms with Gasteiger partial charge in [0.2, 0.25) is 11.9 Å². The van der Waals surface area contributed by atoms with Crippen molar-refractivity contribution in [2.75, 3.05) is 31.4 Å². The van der Waals surface area contributed by atoms with Gasteiger partial charge in [0.15, 0.2) is 0 Å². The van der Waals surface area contributed by atoms with Gasteiger partial charge in [0.05, 0.1) is 11.6 Å². The molecule has 0 radical (unpaired) electrons. The summed E-state index contributed by atoms with van der Waals surface area (Å²) in [5.41, 5.74) is 2.40. The first-order chi connectivity index (χ1) is 9.69. The number of nitrogens with zero attached hydrogens (tertiary/aromatic N) is 5. The second-order valence-corrected chi connectivity index (χ2v) is 5.10. The molecule has 0 amide bonds. The Kier molecular flexibility index (Phi) is 3.22. The lowest BCUT2D eigenvalue weighted by Crippen LogP contribution is -2.17. The Morgan fingerprint density at radius 3 is 2.85 bits per heavy atom. The summed E-state index contributed by atoms with van der Waals surface area (Å²) >= 11 is 0. The van der Waals surface area contributed by atoms with Crippen molar-refractivity contribution in [1.29, 1.82) is 0 Å². The molecule has 2 aromatic rings. The molecule has 1 aliphatic carbocycles. The Morgan fingerprint density at radius 1 is 1.25 bits per heavy atom. The predicted octanol–water partition coefficient (Wildman–Crippen LogP) is 1.45. The van der Waals surface area contributed by atoms with E-state index in [1.807, 2.05) is 38.3 Å². The Labute approximate surface area is 118 Å². The van der Waals surface area contributed by atoms with Gasteiger partial charge in [-0.25, -0.2) is 0 Å². The molecule has 3 rings (SSSR count). The summed E-state index contributed by atoms with van der Waals surface area (Å²) in [7, 11) is 5.68. The first-order valence-corrected chi connectivity index (χ1v) is 6.74. The van der Waals surface area contributed by atoms with E-state index in [9.17, 15) is 0 Å². The second-order valence-electron chi connectivity index (χ2n) is 5.10. The van der Waals surface area contributed by atoms with Gasteiger partial charge in [-0.3, -0.25) is 4.98 Å². The van der Waals surface area contributed by atoms with Crippen molar-refractivity contribution in [3.8, 4) is 0 Å². The third-order valence-corrected chi connectivity index (χ3v) is 3.53. The largest absolute Gasteiger partial charge is 0.357 e. The number of rotatable bonds is 3. The number of fused-ring (bicyclic) bond motifs is 1. The third-order valence-electron chi connectivity index (χ3n) is 3.53. The maximum atomic E-state index is 4.59. The molecular weight excluding hydrogens is 252 g/mol.